The van der Waals surface area contributed by atoms with Gasteiger partial charge in [0.25, 0.3) is 5.91 Å². The van der Waals surface area contributed by atoms with Gasteiger partial charge in [-0.3, -0.25) is 14.3 Å². The second-order valence-corrected chi connectivity index (χ2v) is 7.64. The van der Waals surface area contributed by atoms with Crippen LogP contribution in [-0.4, -0.2) is 34.2 Å². The van der Waals surface area contributed by atoms with Gasteiger partial charge < -0.3 is 14.8 Å². The number of aromatic nitrogens is 2. The van der Waals surface area contributed by atoms with Crippen molar-refractivity contribution in [1.82, 2.24) is 9.78 Å². The van der Waals surface area contributed by atoms with Gasteiger partial charge in [-0.1, -0.05) is 60.7 Å². The molecule has 0 bridgehead atoms. The van der Waals surface area contributed by atoms with Gasteiger partial charge in [-0.25, -0.2) is 0 Å². The van der Waals surface area contributed by atoms with Gasteiger partial charge in [0.2, 0.25) is 0 Å². The van der Waals surface area contributed by atoms with E-state index in [9.17, 15) is 9.59 Å². The van der Waals surface area contributed by atoms with Gasteiger partial charge >= 0.3 is 0 Å². The molecule has 164 valence electrons. The van der Waals surface area contributed by atoms with Gasteiger partial charge in [-0.2, -0.15) is 5.10 Å². The van der Waals surface area contributed by atoms with E-state index in [4.69, 9.17) is 9.47 Å². The summed E-state index contributed by atoms with van der Waals surface area (Å²) in [7, 11) is 0. The molecule has 1 aromatic heterocycles. The molecule has 33 heavy (non-hydrogen) atoms. The van der Waals surface area contributed by atoms with Crippen LogP contribution in [0.3, 0.4) is 0 Å². The summed E-state index contributed by atoms with van der Waals surface area (Å²) in [5, 5.41) is 7.15. The minimum absolute atomic E-state index is 0.201. The first-order valence-electron chi connectivity index (χ1n) is 10.6. The molecule has 0 saturated carbocycles. The molecule has 4 aromatic rings. The van der Waals surface area contributed by atoms with E-state index >= 15 is 0 Å². The molecule has 7 heteroatoms. The molecule has 1 atom stereocenters. The summed E-state index contributed by atoms with van der Waals surface area (Å²) in [6.07, 6.45) is 3.09. The molecule has 1 amide bonds. The van der Waals surface area contributed by atoms with Crippen LogP contribution in [0.4, 0.5) is 5.69 Å². The highest BCUT2D eigenvalue weighted by molar-refractivity contribution is 6.17. The number of amides is 1. The summed E-state index contributed by atoms with van der Waals surface area (Å²) in [5.74, 6) is 0.854. The Morgan fingerprint density at radius 1 is 0.909 bits per heavy atom. The first-order chi connectivity index (χ1) is 16.2. The van der Waals surface area contributed by atoms with E-state index in [1.807, 2.05) is 30.3 Å². The van der Waals surface area contributed by atoms with Crippen LogP contribution >= 0.6 is 0 Å². The molecule has 0 fully saturated rings. The van der Waals surface area contributed by atoms with Crippen LogP contribution in [-0.2, 0) is 6.54 Å². The molecule has 0 unspecified atom stereocenters. The fraction of sp³-hybridized carbons (Fsp3) is 0.115. The lowest BCUT2D eigenvalue weighted by Crippen LogP contribution is -2.33. The van der Waals surface area contributed by atoms with Crippen LogP contribution in [0.1, 0.15) is 26.3 Å². The van der Waals surface area contributed by atoms with E-state index in [0.717, 1.165) is 5.75 Å². The van der Waals surface area contributed by atoms with Crippen molar-refractivity contribution in [2.45, 2.75) is 12.6 Å². The highest BCUT2D eigenvalue weighted by Crippen LogP contribution is 2.31. The van der Waals surface area contributed by atoms with E-state index in [2.05, 4.69) is 10.4 Å². The Kier molecular flexibility index (Phi) is 5.59. The smallest absolute Gasteiger partial charge is 0.256 e. The number of carbonyl (C=O) groups is 2. The number of carbonyl (C=O) groups excluding carboxylic acids is 2. The molecule has 2 heterocycles. The van der Waals surface area contributed by atoms with Crippen molar-refractivity contribution in [3.05, 3.63) is 108 Å². The van der Waals surface area contributed by atoms with Crippen molar-refractivity contribution in [2.24, 2.45) is 0 Å². The molecule has 3 aromatic carbocycles. The summed E-state index contributed by atoms with van der Waals surface area (Å²) in [6, 6.07) is 23.2. The summed E-state index contributed by atoms with van der Waals surface area (Å²) in [5.41, 5.74) is 1.71. The third-order valence-corrected chi connectivity index (χ3v) is 5.30. The number of nitrogens with zero attached hydrogens (tertiary/aromatic N) is 2. The number of hydrogen-bond donors (Lipinski definition) is 1. The Morgan fingerprint density at radius 3 is 2.42 bits per heavy atom. The summed E-state index contributed by atoms with van der Waals surface area (Å²) in [4.78, 5) is 25.9. The minimum Gasteiger partial charge on any atom is -0.486 e. The van der Waals surface area contributed by atoms with Crippen molar-refractivity contribution < 1.29 is 19.1 Å². The first kappa shape index (κ1) is 20.5. The topological polar surface area (TPSA) is 82.5 Å². The molecule has 0 aliphatic carbocycles. The van der Waals surface area contributed by atoms with Crippen molar-refractivity contribution in [3.8, 4) is 11.5 Å². The van der Waals surface area contributed by atoms with Crippen molar-refractivity contribution in [3.63, 3.8) is 0 Å². The number of para-hydroxylation sites is 2. The van der Waals surface area contributed by atoms with E-state index in [1.165, 1.54) is 0 Å². The molecule has 1 aliphatic rings. The number of ether oxygens (including phenoxy) is 2. The number of nitrogens with one attached hydrogen (secondary N) is 1. The van der Waals surface area contributed by atoms with Gasteiger partial charge in [0.05, 0.1) is 24.0 Å². The Hall–Kier alpha value is -4.39. The molecular formula is C26H21N3O4. The van der Waals surface area contributed by atoms with E-state index in [0.29, 0.717) is 41.3 Å². The van der Waals surface area contributed by atoms with Crippen LogP contribution in [0.15, 0.2) is 91.3 Å². The zero-order valence-electron chi connectivity index (χ0n) is 17.7. The fourth-order valence-corrected chi connectivity index (χ4v) is 3.71. The Balaban J connectivity index is 1.27. The van der Waals surface area contributed by atoms with Crippen molar-refractivity contribution in [2.75, 3.05) is 11.9 Å². The maximum absolute atomic E-state index is 13.0. The van der Waals surface area contributed by atoms with Crippen LogP contribution < -0.4 is 14.8 Å². The van der Waals surface area contributed by atoms with Crippen LogP contribution in [0.2, 0.25) is 0 Å². The summed E-state index contributed by atoms with van der Waals surface area (Å²) in [6.45, 7) is 0.876. The van der Waals surface area contributed by atoms with E-state index in [1.54, 1.807) is 65.6 Å². The lowest BCUT2D eigenvalue weighted by molar-refractivity contribution is 0.0759. The number of benzene rings is 3. The van der Waals surface area contributed by atoms with Crippen LogP contribution in [0, 0.1) is 0 Å². The van der Waals surface area contributed by atoms with Gasteiger partial charge in [-0.05, 0) is 18.2 Å². The van der Waals surface area contributed by atoms with Gasteiger partial charge in [0, 0.05) is 17.3 Å². The average molecular weight is 439 g/mol. The normalized spacial score (nSPS) is 14.5. The van der Waals surface area contributed by atoms with Crippen molar-refractivity contribution in [1.29, 1.82) is 0 Å². The largest absolute Gasteiger partial charge is 0.486 e. The Morgan fingerprint density at radius 2 is 1.61 bits per heavy atom. The number of anilines is 1. The molecule has 0 spiro atoms. The molecule has 1 aliphatic heterocycles. The summed E-state index contributed by atoms with van der Waals surface area (Å²) >= 11 is 0. The standard InChI is InChI=1S/C26H21N3O4/c30-25(18-8-2-1-3-9-18)21-10-4-5-11-22(21)26(31)28-19-14-27-29(15-19)16-20-17-32-23-12-6-7-13-24(23)33-20/h1-15,20H,16-17H2,(H,28,31)/t20-/m1/s1. The SMILES string of the molecule is O=C(Nc1cnn(C[C@@H]2COc3ccccc3O2)c1)c1ccccc1C(=O)c1ccccc1. The monoisotopic (exact) mass is 439 g/mol. The Bertz CT molecular complexity index is 1300. The lowest BCUT2D eigenvalue weighted by Gasteiger charge is -2.26. The molecule has 5 rings (SSSR count). The Labute approximate surface area is 190 Å². The van der Waals surface area contributed by atoms with Gasteiger partial charge in [-0.15, -0.1) is 0 Å². The van der Waals surface area contributed by atoms with Crippen LogP contribution in [0.5, 0.6) is 11.5 Å². The highest BCUT2D eigenvalue weighted by atomic mass is 16.6. The molecule has 0 radical (unpaired) electrons. The number of fused-ring (bicyclic) bond motifs is 1. The maximum atomic E-state index is 13.0. The number of hydrogen-bond acceptors (Lipinski definition) is 5. The second kappa shape index (κ2) is 9.00. The lowest BCUT2D eigenvalue weighted by atomic mass is 9.98. The second-order valence-electron chi connectivity index (χ2n) is 7.64. The average Bonchev–Trinajstić information content (AvgIpc) is 3.30. The molecular weight excluding hydrogens is 418 g/mol. The minimum atomic E-state index is -0.374. The van der Waals surface area contributed by atoms with Gasteiger partial charge in [0.15, 0.2) is 23.4 Å². The maximum Gasteiger partial charge on any atom is 0.256 e. The zero-order chi connectivity index (χ0) is 22.6. The van der Waals surface area contributed by atoms with Gasteiger partial charge in [0.1, 0.15) is 6.61 Å². The quantitative estimate of drug-likeness (QED) is 0.455. The number of rotatable bonds is 6. The predicted molar refractivity (Wildman–Crippen MR) is 123 cm³/mol. The van der Waals surface area contributed by atoms with Crippen LogP contribution in [0.25, 0.3) is 0 Å². The van der Waals surface area contributed by atoms with E-state index < -0.39 is 0 Å². The van der Waals surface area contributed by atoms with E-state index in [-0.39, 0.29) is 17.8 Å². The zero-order valence-corrected chi connectivity index (χ0v) is 17.7. The highest BCUT2D eigenvalue weighted by Gasteiger charge is 2.22. The third kappa shape index (κ3) is 4.48. The fourth-order valence-electron chi connectivity index (χ4n) is 3.71. The predicted octanol–water partition coefficient (Wildman–Crippen LogP) is 4.21. The third-order valence-electron chi connectivity index (χ3n) is 5.30. The molecule has 7 nitrogen and oxygen atoms in total. The molecule has 1 N–H and O–H groups in total. The molecule has 0 saturated heterocycles. The summed E-state index contributed by atoms with van der Waals surface area (Å²) < 4.78 is 13.4. The number of ketones is 1. The van der Waals surface area contributed by atoms with Crippen molar-refractivity contribution >= 4 is 17.4 Å². The first-order valence-corrected chi connectivity index (χ1v) is 10.6.